The summed E-state index contributed by atoms with van der Waals surface area (Å²) in [5.74, 6) is -2.02. The van der Waals surface area contributed by atoms with Crippen LogP contribution in [-0.4, -0.2) is 106 Å². The zero-order chi connectivity index (χ0) is 22.0. The van der Waals surface area contributed by atoms with E-state index in [0.717, 1.165) is 17.6 Å². The van der Waals surface area contributed by atoms with Crippen molar-refractivity contribution in [3.63, 3.8) is 0 Å². The molecule has 0 saturated carbocycles. The van der Waals surface area contributed by atoms with Crippen molar-refractivity contribution in [2.75, 3.05) is 40.4 Å². The molecule has 0 aliphatic carbocycles. The van der Waals surface area contributed by atoms with E-state index in [1.807, 2.05) is 11.8 Å². The first-order valence-electron chi connectivity index (χ1n) is 10.5. The average molecular weight is 475 g/mol. The molecule has 4 aliphatic heterocycles. The summed E-state index contributed by atoms with van der Waals surface area (Å²) in [7, 11) is 4.22. The highest BCUT2D eigenvalue weighted by Gasteiger charge is 2.60. The fourth-order valence-corrected chi connectivity index (χ4v) is 6.71. The monoisotopic (exact) mass is 474 g/mol. The van der Waals surface area contributed by atoms with E-state index in [2.05, 4.69) is 19.4 Å². The lowest BCUT2D eigenvalue weighted by molar-refractivity contribution is -0.881. The Bertz CT molecular complexity index is 819. The minimum Gasteiger partial charge on any atom is -1.00 e. The SMILES string of the molecule is C[C@@H](O)[C@H]1C(=O)N2C(C(=O)O)=C(S[C@@H]3CN[C@H](C(=O)N4CC[N+](C)(C)C4)C3)[C@H](C)[C@H]12.[Cl-]. The molecule has 0 aromatic carbocycles. The van der Waals surface area contributed by atoms with Crippen LogP contribution < -0.4 is 17.7 Å². The maximum absolute atomic E-state index is 12.9. The fourth-order valence-electron chi connectivity index (χ4n) is 5.23. The highest BCUT2D eigenvalue weighted by molar-refractivity contribution is 8.03. The molecular formula is C20H31ClN4O5S. The molecule has 174 valence electrons. The van der Waals surface area contributed by atoms with Crippen LogP contribution in [0.5, 0.6) is 0 Å². The molecular weight excluding hydrogens is 444 g/mol. The second-order valence-electron chi connectivity index (χ2n) is 9.61. The van der Waals surface area contributed by atoms with Crippen LogP contribution in [0.1, 0.15) is 20.3 Å². The van der Waals surface area contributed by atoms with Gasteiger partial charge >= 0.3 is 5.97 Å². The number of nitrogens with one attached hydrogen (secondary N) is 1. The summed E-state index contributed by atoms with van der Waals surface area (Å²) in [6.07, 6.45) is -0.173. The number of aliphatic hydroxyl groups is 1. The van der Waals surface area contributed by atoms with E-state index < -0.39 is 18.0 Å². The Kier molecular flexibility index (Phi) is 6.71. The van der Waals surface area contributed by atoms with Crippen molar-refractivity contribution in [2.24, 2.45) is 11.8 Å². The fraction of sp³-hybridized carbons (Fsp3) is 0.750. The molecule has 3 saturated heterocycles. The number of β-lactam (4-membered cyclic amide) rings is 1. The number of thioether (sulfide) groups is 1. The van der Waals surface area contributed by atoms with Gasteiger partial charge in [-0.25, -0.2) is 4.79 Å². The molecule has 6 atom stereocenters. The molecule has 0 aromatic heterocycles. The summed E-state index contributed by atoms with van der Waals surface area (Å²) >= 11 is 1.47. The summed E-state index contributed by atoms with van der Waals surface area (Å²) in [5.41, 5.74) is 0.0489. The number of hydrogen-bond donors (Lipinski definition) is 3. The van der Waals surface area contributed by atoms with E-state index in [1.54, 1.807) is 6.92 Å². The third-order valence-corrected chi connectivity index (χ3v) is 8.35. The normalized spacial score (nSPS) is 35.0. The Morgan fingerprint density at radius 3 is 2.55 bits per heavy atom. The van der Waals surface area contributed by atoms with Gasteiger partial charge in [-0.2, -0.15) is 0 Å². The standard InChI is InChI=1S/C20H30N4O5S.ClH/c1-10-15-14(11(2)25)19(27)23(15)16(20(28)29)17(10)30-12-7-13(21-8-12)18(26)22-5-6-24(3,4)9-22;/h10-15,21,25H,5-9H2,1-4H3;1H/t10-,11-,12+,13+,14-,15-;/m1./s1. The lowest BCUT2D eigenvalue weighted by Gasteiger charge is -2.46. The van der Waals surface area contributed by atoms with Crippen LogP contribution in [0.2, 0.25) is 0 Å². The molecule has 11 heteroatoms. The number of amides is 2. The van der Waals surface area contributed by atoms with Crippen LogP contribution in [0.25, 0.3) is 0 Å². The number of fused-ring (bicyclic) bond motifs is 1. The van der Waals surface area contributed by atoms with E-state index in [9.17, 15) is 24.6 Å². The van der Waals surface area contributed by atoms with E-state index in [-0.39, 0.29) is 53.2 Å². The Labute approximate surface area is 192 Å². The minimum atomic E-state index is -1.11. The van der Waals surface area contributed by atoms with Crippen LogP contribution in [0.3, 0.4) is 0 Å². The quantitative estimate of drug-likeness (QED) is 0.280. The number of quaternary nitrogens is 1. The van der Waals surface area contributed by atoms with E-state index in [0.29, 0.717) is 24.5 Å². The first kappa shape index (κ1) is 24.3. The predicted molar refractivity (Wildman–Crippen MR) is 111 cm³/mol. The number of aliphatic hydroxyl groups excluding tert-OH is 1. The second kappa shape index (κ2) is 8.55. The van der Waals surface area contributed by atoms with Gasteiger partial charge in [0.05, 0.1) is 51.3 Å². The lowest BCUT2D eigenvalue weighted by Crippen LogP contribution is -3.00. The first-order chi connectivity index (χ1) is 14.0. The van der Waals surface area contributed by atoms with Crippen molar-refractivity contribution in [3.05, 3.63) is 10.6 Å². The van der Waals surface area contributed by atoms with Gasteiger partial charge in [0, 0.05) is 22.6 Å². The zero-order valence-electron chi connectivity index (χ0n) is 18.2. The molecule has 4 heterocycles. The number of carboxylic acids is 1. The molecule has 0 radical (unpaired) electrons. The molecule has 3 fully saturated rings. The Morgan fingerprint density at radius 1 is 1.32 bits per heavy atom. The number of nitrogens with zero attached hydrogens (tertiary/aromatic N) is 3. The number of hydrogen-bond acceptors (Lipinski definition) is 6. The van der Waals surface area contributed by atoms with Gasteiger partial charge in [-0.15, -0.1) is 11.8 Å². The molecule has 3 N–H and O–H groups in total. The molecule has 0 unspecified atom stereocenters. The Morgan fingerprint density at radius 2 is 2.00 bits per heavy atom. The van der Waals surface area contributed by atoms with Gasteiger partial charge in [0.15, 0.2) is 6.67 Å². The first-order valence-corrected chi connectivity index (χ1v) is 11.4. The third kappa shape index (κ3) is 4.08. The van der Waals surface area contributed by atoms with Crippen molar-refractivity contribution in [2.45, 2.75) is 43.7 Å². The van der Waals surface area contributed by atoms with Crippen molar-refractivity contribution < 1.29 is 41.5 Å². The van der Waals surface area contributed by atoms with Crippen molar-refractivity contribution in [1.82, 2.24) is 15.1 Å². The van der Waals surface area contributed by atoms with Crippen LogP contribution in [0, 0.1) is 11.8 Å². The molecule has 4 aliphatic rings. The molecule has 2 amide bonds. The smallest absolute Gasteiger partial charge is 0.353 e. The number of carboxylic acid groups (broad SMARTS) is 1. The number of aliphatic carboxylic acids is 1. The second-order valence-corrected chi connectivity index (χ2v) is 11.0. The van der Waals surface area contributed by atoms with E-state index in [1.165, 1.54) is 16.7 Å². The zero-order valence-corrected chi connectivity index (χ0v) is 19.8. The van der Waals surface area contributed by atoms with Crippen LogP contribution in [0.4, 0.5) is 0 Å². The number of halogens is 1. The van der Waals surface area contributed by atoms with Gasteiger partial charge in [-0.3, -0.25) is 14.5 Å². The summed E-state index contributed by atoms with van der Waals surface area (Å²) < 4.78 is 0.804. The lowest BCUT2D eigenvalue weighted by atomic mass is 9.79. The third-order valence-electron chi connectivity index (χ3n) is 6.83. The summed E-state index contributed by atoms with van der Waals surface area (Å²) in [4.78, 5) is 41.2. The van der Waals surface area contributed by atoms with Crippen molar-refractivity contribution in [3.8, 4) is 0 Å². The predicted octanol–water partition coefficient (Wildman–Crippen LogP) is -3.52. The van der Waals surface area contributed by atoms with E-state index >= 15 is 0 Å². The van der Waals surface area contributed by atoms with Gasteiger partial charge in [0.25, 0.3) is 0 Å². The maximum Gasteiger partial charge on any atom is 0.353 e. The molecule has 0 aromatic rings. The van der Waals surface area contributed by atoms with E-state index in [4.69, 9.17) is 0 Å². The highest BCUT2D eigenvalue weighted by Crippen LogP contribution is 2.51. The average Bonchev–Trinajstić information content (AvgIpc) is 3.31. The summed E-state index contributed by atoms with van der Waals surface area (Å²) in [5, 5.41) is 23.1. The van der Waals surface area contributed by atoms with Crippen LogP contribution >= 0.6 is 11.8 Å². The molecule has 0 bridgehead atoms. The topological polar surface area (TPSA) is 110 Å². The molecule has 31 heavy (non-hydrogen) atoms. The summed E-state index contributed by atoms with van der Waals surface area (Å²) in [6, 6.07) is -0.558. The Hall–Kier alpha value is -1.33. The van der Waals surface area contributed by atoms with Crippen LogP contribution in [-0.2, 0) is 14.4 Å². The Balaban J connectivity index is 0.00000272. The highest BCUT2D eigenvalue weighted by atomic mass is 35.5. The van der Waals surface area contributed by atoms with Gasteiger partial charge in [0.1, 0.15) is 5.70 Å². The number of carbonyl (C=O) groups is 3. The van der Waals surface area contributed by atoms with Crippen molar-refractivity contribution in [1.29, 1.82) is 0 Å². The largest absolute Gasteiger partial charge is 1.00 e. The van der Waals surface area contributed by atoms with Gasteiger partial charge in [-0.1, -0.05) is 6.92 Å². The number of carbonyl (C=O) groups excluding carboxylic acids is 2. The number of likely N-dealkylation sites (N-methyl/N-ethyl adjacent to an activating group) is 1. The summed E-state index contributed by atoms with van der Waals surface area (Å²) in [6.45, 7) is 6.53. The molecule has 9 nitrogen and oxygen atoms in total. The molecule has 0 spiro atoms. The van der Waals surface area contributed by atoms with Gasteiger partial charge in [0.2, 0.25) is 11.8 Å². The van der Waals surface area contributed by atoms with Gasteiger partial charge in [-0.05, 0) is 13.3 Å². The van der Waals surface area contributed by atoms with Crippen LogP contribution in [0.15, 0.2) is 10.6 Å². The van der Waals surface area contributed by atoms with Gasteiger partial charge < -0.3 is 37.3 Å². The minimum absolute atomic E-state index is 0. The maximum atomic E-state index is 12.9. The van der Waals surface area contributed by atoms with Crippen molar-refractivity contribution >= 4 is 29.5 Å². The molecule has 4 rings (SSSR count). The number of rotatable bonds is 5.